The summed E-state index contributed by atoms with van der Waals surface area (Å²) in [5.74, 6) is -0.853. The van der Waals surface area contributed by atoms with Gasteiger partial charge in [0.05, 0.1) is 20.4 Å². The fourth-order valence-electron chi connectivity index (χ4n) is 1.89. The number of nitrogens with one attached hydrogen (secondary N) is 2. The molecule has 130 valence electrons. The number of ether oxygens (including phenoxy) is 2. The van der Waals surface area contributed by atoms with Gasteiger partial charge in [0.15, 0.2) is 11.5 Å². The van der Waals surface area contributed by atoms with Gasteiger partial charge in [0.25, 0.3) is 0 Å². The van der Waals surface area contributed by atoms with Crippen molar-refractivity contribution in [3.63, 3.8) is 0 Å². The van der Waals surface area contributed by atoms with Gasteiger partial charge < -0.3 is 14.8 Å². The van der Waals surface area contributed by atoms with Gasteiger partial charge >= 0.3 is 11.8 Å². The molecule has 0 unspecified atom stereocenters. The minimum atomic E-state index is -0.918. The van der Waals surface area contributed by atoms with Crippen molar-refractivity contribution in [1.82, 2.24) is 5.43 Å². The summed E-state index contributed by atoms with van der Waals surface area (Å²) in [4.78, 5) is 23.7. The van der Waals surface area contributed by atoms with Crippen LogP contribution >= 0.6 is 11.6 Å². The molecule has 0 atom stereocenters. The number of hydrazone groups is 1. The minimum absolute atomic E-state index is 0.382. The summed E-state index contributed by atoms with van der Waals surface area (Å²) in [6.45, 7) is 0. The van der Waals surface area contributed by atoms with Gasteiger partial charge in [-0.1, -0.05) is 29.8 Å². The molecule has 0 heterocycles. The molecule has 0 fully saturated rings. The van der Waals surface area contributed by atoms with E-state index in [1.807, 2.05) is 0 Å². The third kappa shape index (κ3) is 4.95. The van der Waals surface area contributed by atoms with E-state index in [0.29, 0.717) is 27.8 Å². The maximum absolute atomic E-state index is 11.9. The molecule has 0 bridgehead atoms. The first-order chi connectivity index (χ1) is 12.0. The number of hydrogen-bond acceptors (Lipinski definition) is 5. The van der Waals surface area contributed by atoms with Crippen molar-refractivity contribution < 1.29 is 19.1 Å². The number of halogens is 1. The monoisotopic (exact) mass is 361 g/mol. The molecule has 25 heavy (non-hydrogen) atoms. The van der Waals surface area contributed by atoms with Gasteiger partial charge in [-0.15, -0.1) is 0 Å². The lowest BCUT2D eigenvalue weighted by atomic mass is 10.2. The molecule has 2 aromatic rings. The summed E-state index contributed by atoms with van der Waals surface area (Å²) in [5.41, 5.74) is 3.13. The SMILES string of the molecule is COc1ccc(NC(=O)C(=O)N/N=C\c2ccccc2Cl)cc1OC. The average Bonchev–Trinajstić information content (AvgIpc) is 2.63. The van der Waals surface area contributed by atoms with Crippen molar-refractivity contribution in [1.29, 1.82) is 0 Å². The van der Waals surface area contributed by atoms with Gasteiger partial charge in [-0.25, -0.2) is 5.43 Å². The first kappa shape index (κ1) is 18.3. The van der Waals surface area contributed by atoms with Crippen LogP contribution < -0.4 is 20.2 Å². The first-order valence-corrected chi connectivity index (χ1v) is 7.54. The average molecular weight is 362 g/mol. The third-order valence-corrected chi connectivity index (χ3v) is 3.47. The zero-order valence-corrected chi connectivity index (χ0v) is 14.3. The van der Waals surface area contributed by atoms with Gasteiger partial charge in [-0.2, -0.15) is 5.10 Å². The summed E-state index contributed by atoms with van der Waals surface area (Å²) in [6, 6.07) is 11.7. The lowest BCUT2D eigenvalue weighted by molar-refractivity contribution is -0.136. The van der Waals surface area contributed by atoms with Crippen molar-refractivity contribution in [3.05, 3.63) is 53.1 Å². The van der Waals surface area contributed by atoms with E-state index < -0.39 is 11.8 Å². The molecule has 0 spiro atoms. The molecule has 2 rings (SSSR count). The number of carbonyl (C=O) groups excluding carboxylic acids is 2. The molecular formula is C17H16ClN3O4. The summed E-state index contributed by atoms with van der Waals surface area (Å²) in [5, 5.41) is 6.63. The highest BCUT2D eigenvalue weighted by Gasteiger charge is 2.14. The van der Waals surface area contributed by atoms with Crippen molar-refractivity contribution in [2.75, 3.05) is 19.5 Å². The smallest absolute Gasteiger partial charge is 0.329 e. The molecule has 2 N–H and O–H groups in total. The quantitative estimate of drug-likeness (QED) is 0.486. The molecule has 0 aromatic heterocycles. The first-order valence-electron chi connectivity index (χ1n) is 7.16. The Labute approximate surface area is 149 Å². The molecule has 7 nitrogen and oxygen atoms in total. The Balaban J connectivity index is 1.96. The van der Waals surface area contributed by atoms with Gasteiger partial charge in [-0.05, 0) is 18.2 Å². The number of anilines is 1. The predicted octanol–water partition coefficient (Wildman–Crippen LogP) is 2.45. The molecule has 2 aromatic carbocycles. The number of rotatable bonds is 5. The lowest BCUT2D eigenvalue weighted by Gasteiger charge is -2.10. The fourth-order valence-corrected chi connectivity index (χ4v) is 2.08. The van der Waals surface area contributed by atoms with Crippen molar-refractivity contribution in [3.8, 4) is 11.5 Å². The number of benzene rings is 2. The maximum atomic E-state index is 11.9. The topological polar surface area (TPSA) is 89.0 Å². The Morgan fingerprint density at radius 1 is 1.04 bits per heavy atom. The van der Waals surface area contributed by atoms with Gasteiger partial charge in [0, 0.05) is 22.3 Å². The van der Waals surface area contributed by atoms with Gasteiger partial charge in [-0.3, -0.25) is 9.59 Å². The molecule has 0 aliphatic heterocycles. The molecule has 2 amide bonds. The van der Waals surface area contributed by atoms with Crippen molar-refractivity contribution in [2.24, 2.45) is 5.10 Å². The number of nitrogens with zero attached hydrogens (tertiary/aromatic N) is 1. The second kappa shape index (κ2) is 8.70. The summed E-state index contributed by atoms with van der Waals surface area (Å²) in [7, 11) is 2.97. The van der Waals surface area contributed by atoms with E-state index in [1.54, 1.807) is 36.4 Å². The number of methoxy groups -OCH3 is 2. The molecule has 8 heteroatoms. The summed E-state index contributed by atoms with van der Waals surface area (Å²) >= 11 is 5.96. The van der Waals surface area contributed by atoms with Crippen LogP contribution in [0, 0.1) is 0 Å². The molecule has 0 aliphatic carbocycles. The minimum Gasteiger partial charge on any atom is -0.493 e. The van der Waals surface area contributed by atoms with E-state index in [0.717, 1.165) is 0 Å². The number of carbonyl (C=O) groups is 2. The largest absolute Gasteiger partial charge is 0.493 e. The molecule has 0 saturated heterocycles. The Hall–Kier alpha value is -3.06. The molecule has 0 aliphatic rings. The third-order valence-electron chi connectivity index (χ3n) is 3.12. The van der Waals surface area contributed by atoms with Crippen LogP contribution in [0.3, 0.4) is 0 Å². The Morgan fingerprint density at radius 2 is 1.76 bits per heavy atom. The van der Waals surface area contributed by atoms with Crippen LogP contribution in [0.1, 0.15) is 5.56 Å². The Morgan fingerprint density at radius 3 is 2.44 bits per heavy atom. The molecule has 0 saturated carbocycles. The van der Waals surface area contributed by atoms with E-state index in [2.05, 4.69) is 15.8 Å². The maximum Gasteiger partial charge on any atom is 0.329 e. The van der Waals surface area contributed by atoms with Crippen LogP contribution in [0.15, 0.2) is 47.6 Å². The van der Waals surface area contributed by atoms with Gasteiger partial charge in [0.2, 0.25) is 0 Å². The number of hydrogen-bond donors (Lipinski definition) is 2. The Bertz CT molecular complexity index is 808. The van der Waals surface area contributed by atoms with Crippen LogP contribution in [-0.2, 0) is 9.59 Å². The van der Waals surface area contributed by atoms with E-state index in [-0.39, 0.29) is 0 Å². The second-order valence-corrected chi connectivity index (χ2v) is 5.15. The van der Waals surface area contributed by atoms with Crippen LogP contribution in [0.4, 0.5) is 5.69 Å². The molecule has 0 radical (unpaired) electrons. The highest BCUT2D eigenvalue weighted by molar-refractivity contribution is 6.39. The van der Waals surface area contributed by atoms with Crippen molar-refractivity contribution >= 4 is 35.3 Å². The van der Waals surface area contributed by atoms with Crippen LogP contribution in [0.25, 0.3) is 0 Å². The standard InChI is InChI=1S/C17H16ClN3O4/c1-24-14-8-7-12(9-15(14)25-2)20-16(22)17(23)21-19-10-11-5-3-4-6-13(11)18/h3-10H,1-2H3,(H,20,22)(H,21,23)/b19-10-. The van der Waals surface area contributed by atoms with E-state index >= 15 is 0 Å². The zero-order valence-electron chi connectivity index (χ0n) is 13.6. The van der Waals surface area contributed by atoms with Crippen LogP contribution in [0.5, 0.6) is 11.5 Å². The Kier molecular flexibility index (Phi) is 6.36. The van der Waals surface area contributed by atoms with Crippen molar-refractivity contribution in [2.45, 2.75) is 0 Å². The summed E-state index contributed by atoms with van der Waals surface area (Å²) in [6.07, 6.45) is 1.35. The zero-order chi connectivity index (χ0) is 18.2. The van der Waals surface area contributed by atoms with E-state index in [9.17, 15) is 9.59 Å². The predicted molar refractivity (Wildman–Crippen MR) is 95.4 cm³/mol. The lowest BCUT2D eigenvalue weighted by Crippen LogP contribution is -2.32. The molecular weight excluding hydrogens is 346 g/mol. The van der Waals surface area contributed by atoms with E-state index in [1.165, 1.54) is 26.5 Å². The second-order valence-electron chi connectivity index (χ2n) is 4.74. The highest BCUT2D eigenvalue weighted by atomic mass is 35.5. The van der Waals surface area contributed by atoms with Gasteiger partial charge in [0.1, 0.15) is 0 Å². The number of amides is 2. The van der Waals surface area contributed by atoms with E-state index in [4.69, 9.17) is 21.1 Å². The fraction of sp³-hybridized carbons (Fsp3) is 0.118. The highest BCUT2D eigenvalue weighted by Crippen LogP contribution is 2.29. The normalized spacial score (nSPS) is 10.4. The summed E-state index contributed by atoms with van der Waals surface area (Å²) < 4.78 is 10.2. The van der Waals surface area contributed by atoms with Crippen LogP contribution in [0.2, 0.25) is 5.02 Å². The van der Waals surface area contributed by atoms with Crippen LogP contribution in [-0.4, -0.2) is 32.2 Å².